The summed E-state index contributed by atoms with van der Waals surface area (Å²) in [5.41, 5.74) is 0. The molecule has 2 atom stereocenters. The third-order valence-corrected chi connectivity index (χ3v) is 3.91. The average Bonchev–Trinajstić information content (AvgIpc) is 2.89. The molecule has 7 nitrogen and oxygen atoms in total. The van der Waals surface area contributed by atoms with Crippen molar-refractivity contribution in [3.63, 3.8) is 0 Å². The second kappa shape index (κ2) is 6.07. The number of nitrogens with zero attached hydrogens (tertiary/aromatic N) is 5. The van der Waals surface area contributed by atoms with Crippen molar-refractivity contribution in [2.45, 2.75) is 12.2 Å². The summed E-state index contributed by atoms with van der Waals surface area (Å²) >= 11 is 5.85. The molecule has 0 spiro atoms. The number of hydrogen-bond acceptors (Lipinski definition) is 6. The molecule has 2 aromatic heterocycles. The Bertz CT molecular complexity index is 575. The van der Waals surface area contributed by atoms with E-state index in [2.05, 4.69) is 25.3 Å². The molecule has 2 rings (SSSR count). The van der Waals surface area contributed by atoms with E-state index in [4.69, 9.17) is 11.6 Å². The summed E-state index contributed by atoms with van der Waals surface area (Å²) in [4.78, 5) is 16.1. The lowest BCUT2D eigenvalue weighted by atomic mass is 10.5. The van der Waals surface area contributed by atoms with E-state index in [1.165, 1.54) is 0 Å². The highest BCUT2D eigenvalue weighted by molar-refractivity contribution is 7.84. The summed E-state index contributed by atoms with van der Waals surface area (Å²) < 4.78 is 12.9. The van der Waals surface area contributed by atoms with Crippen LogP contribution in [0.15, 0.2) is 18.7 Å². The molecule has 0 aliphatic rings. The first kappa shape index (κ1) is 13.9. The lowest BCUT2D eigenvalue weighted by molar-refractivity contribution is 0.678. The molecule has 0 aromatic carbocycles. The minimum Gasteiger partial charge on any atom is -0.353 e. The number of anilines is 1. The smallest absolute Gasteiger partial charge is 0.241 e. The zero-order valence-electron chi connectivity index (χ0n) is 10.4. The summed E-state index contributed by atoms with van der Waals surface area (Å²) in [5.74, 6) is 0.728. The third kappa shape index (κ3) is 3.71. The Morgan fingerprint density at radius 1 is 1.47 bits per heavy atom. The Hall–Kier alpha value is -1.54. The minimum absolute atomic E-state index is 0.00719. The van der Waals surface area contributed by atoms with Crippen LogP contribution >= 0.6 is 11.6 Å². The van der Waals surface area contributed by atoms with Crippen LogP contribution in [0, 0.1) is 0 Å². The fourth-order valence-corrected chi connectivity index (χ4v) is 1.74. The lowest BCUT2D eigenvalue weighted by Crippen LogP contribution is -2.22. The van der Waals surface area contributed by atoms with Gasteiger partial charge in [0.25, 0.3) is 0 Å². The highest BCUT2D eigenvalue weighted by atomic mass is 35.5. The van der Waals surface area contributed by atoms with E-state index in [1.807, 2.05) is 6.92 Å². The van der Waals surface area contributed by atoms with Gasteiger partial charge in [-0.1, -0.05) is 0 Å². The summed E-state index contributed by atoms with van der Waals surface area (Å²) in [6.07, 6.45) is 6.55. The van der Waals surface area contributed by atoms with Gasteiger partial charge >= 0.3 is 0 Å². The topological polar surface area (TPSA) is 85.6 Å². The van der Waals surface area contributed by atoms with Crippen molar-refractivity contribution in [2.75, 3.05) is 18.1 Å². The summed E-state index contributed by atoms with van der Waals surface area (Å²) in [7, 11) is -0.906. The maximum absolute atomic E-state index is 11.3. The van der Waals surface area contributed by atoms with E-state index in [-0.39, 0.29) is 10.5 Å². The van der Waals surface area contributed by atoms with Gasteiger partial charge in [0, 0.05) is 41.2 Å². The minimum atomic E-state index is -0.906. The molecule has 9 heteroatoms. The van der Waals surface area contributed by atoms with E-state index >= 15 is 0 Å². The molecule has 19 heavy (non-hydrogen) atoms. The van der Waals surface area contributed by atoms with Gasteiger partial charge in [-0.15, -0.1) is 0 Å². The predicted molar refractivity (Wildman–Crippen MR) is 74.0 cm³/mol. The molecular weight excluding hydrogens is 288 g/mol. The standard InChI is InChI=1S/C10H13ClN6OS/c1-7(19(2)18)5-13-9-14-8(11)15-10(16-9)17-4-3-12-6-17/h3-4,6-7H,5H2,1-2H3,(H,13,14,15,16). The fourth-order valence-electron chi connectivity index (χ4n) is 1.26. The van der Waals surface area contributed by atoms with Crippen molar-refractivity contribution < 1.29 is 4.21 Å². The Balaban J connectivity index is 2.16. The quantitative estimate of drug-likeness (QED) is 0.882. The molecule has 2 unspecified atom stereocenters. The Morgan fingerprint density at radius 2 is 2.26 bits per heavy atom. The maximum Gasteiger partial charge on any atom is 0.241 e. The van der Waals surface area contributed by atoms with Crippen molar-refractivity contribution in [3.8, 4) is 5.95 Å². The van der Waals surface area contributed by atoms with Gasteiger partial charge in [-0.3, -0.25) is 8.78 Å². The van der Waals surface area contributed by atoms with Crippen molar-refractivity contribution in [1.82, 2.24) is 24.5 Å². The number of nitrogens with one attached hydrogen (secondary N) is 1. The molecule has 0 bridgehead atoms. The van der Waals surface area contributed by atoms with Crippen LogP contribution in [0.5, 0.6) is 0 Å². The molecule has 0 amide bonds. The Kier molecular flexibility index (Phi) is 4.43. The van der Waals surface area contributed by atoms with Crippen LogP contribution < -0.4 is 5.32 Å². The molecule has 0 saturated heterocycles. The average molecular weight is 301 g/mol. The van der Waals surface area contributed by atoms with Gasteiger partial charge in [-0.25, -0.2) is 4.98 Å². The van der Waals surface area contributed by atoms with Gasteiger partial charge < -0.3 is 5.32 Å². The first-order chi connectivity index (χ1) is 9.06. The van der Waals surface area contributed by atoms with Crippen LogP contribution in [-0.2, 0) is 10.8 Å². The summed E-state index contributed by atoms with van der Waals surface area (Å²) in [6, 6.07) is 0. The molecule has 0 aliphatic heterocycles. The second-order valence-electron chi connectivity index (χ2n) is 3.89. The predicted octanol–water partition coefficient (Wildman–Crippen LogP) is 0.890. The van der Waals surface area contributed by atoms with Crippen LogP contribution in [0.25, 0.3) is 5.95 Å². The zero-order valence-corrected chi connectivity index (χ0v) is 12.0. The Morgan fingerprint density at radius 3 is 2.89 bits per heavy atom. The fraction of sp³-hybridized carbons (Fsp3) is 0.400. The van der Waals surface area contributed by atoms with Crippen molar-refractivity contribution >= 4 is 28.3 Å². The normalized spacial score (nSPS) is 14.1. The zero-order chi connectivity index (χ0) is 13.8. The lowest BCUT2D eigenvalue weighted by Gasteiger charge is -2.10. The molecule has 0 fully saturated rings. The molecule has 1 N–H and O–H groups in total. The number of hydrogen-bond donors (Lipinski definition) is 1. The molecule has 2 heterocycles. The largest absolute Gasteiger partial charge is 0.353 e. The number of aromatic nitrogens is 5. The van der Waals surface area contributed by atoms with Gasteiger partial charge in [0.05, 0.1) is 0 Å². The summed E-state index contributed by atoms with van der Waals surface area (Å²) in [5, 5.41) is 3.08. The van der Waals surface area contributed by atoms with Gasteiger partial charge in [-0.2, -0.15) is 15.0 Å². The molecule has 2 aromatic rings. The molecule has 0 radical (unpaired) electrons. The van der Waals surface area contributed by atoms with E-state index in [0.717, 1.165) is 0 Å². The SMILES string of the molecule is CC(CNc1nc(Cl)nc(-n2ccnc2)n1)S(C)=O. The first-order valence-electron chi connectivity index (χ1n) is 5.52. The van der Waals surface area contributed by atoms with Crippen LogP contribution in [0.4, 0.5) is 5.95 Å². The molecule has 0 saturated carbocycles. The van der Waals surface area contributed by atoms with Gasteiger partial charge in [-0.05, 0) is 18.5 Å². The maximum atomic E-state index is 11.3. The monoisotopic (exact) mass is 300 g/mol. The number of imidazole rings is 1. The van der Waals surface area contributed by atoms with E-state index in [0.29, 0.717) is 18.4 Å². The van der Waals surface area contributed by atoms with Crippen molar-refractivity contribution in [2.24, 2.45) is 0 Å². The third-order valence-electron chi connectivity index (χ3n) is 2.45. The highest BCUT2D eigenvalue weighted by Crippen LogP contribution is 2.09. The van der Waals surface area contributed by atoms with Gasteiger partial charge in [0.2, 0.25) is 17.2 Å². The van der Waals surface area contributed by atoms with Crippen molar-refractivity contribution in [1.29, 1.82) is 0 Å². The van der Waals surface area contributed by atoms with Crippen LogP contribution in [-0.4, -0.2) is 46.8 Å². The van der Waals surface area contributed by atoms with E-state index in [1.54, 1.807) is 29.5 Å². The molecular formula is C10H13ClN6OS. The number of rotatable bonds is 5. The molecule has 0 aliphatic carbocycles. The van der Waals surface area contributed by atoms with Crippen molar-refractivity contribution in [3.05, 3.63) is 24.0 Å². The first-order valence-corrected chi connectivity index (χ1v) is 7.52. The Labute approximate surface area is 117 Å². The highest BCUT2D eigenvalue weighted by Gasteiger charge is 2.09. The van der Waals surface area contributed by atoms with Crippen LogP contribution in [0.3, 0.4) is 0 Å². The second-order valence-corrected chi connectivity index (χ2v) is 6.03. The van der Waals surface area contributed by atoms with E-state index < -0.39 is 10.8 Å². The van der Waals surface area contributed by atoms with E-state index in [9.17, 15) is 4.21 Å². The molecule has 102 valence electrons. The van der Waals surface area contributed by atoms with Gasteiger partial charge in [0.1, 0.15) is 6.33 Å². The summed E-state index contributed by atoms with van der Waals surface area (Å²) in [6.45, 7) is 2.37. The van der Waals surface area contributed by atoms with Gasteiger partial charge in [0.15, 0.2) is 0 Å². The van der Waals surface area contributed by atoms with Crippen LogP contribution in [0.1, 0.15) is 6.92 Å². The number of halogens is 1. The van der Waals surface area contributed by atoms with Crippen LogP contribution in [0.2, 0.25) is 5.28 Å².